The summed E-state index contributed by atoms with van der Waals surface area (Å²) >= 11 is 1.25. The first kappa shape index (κ1) is 21.4. The number of urea groups is 2. The average Bonchev–Trinajstić information content (AvgIpc) is 3.30. The number of nitrogens with zero attached hydrogens (tertiary/aromatic N) is 2. The Hall–Kier alpha value is -3.81. The highest BCUT2D eigenvalue weighted by atomic mass is 32.2. The molecule has 3 unspecified atom stereocenters. The highest BCUT2D eigenvalue weighted by Crippen LogP contribution is 2.39. The van der Waals surface area contributed by atoms with E-state index in [1.165, 1.54) is 16.7 Å². The predicted octanol–water partition coefficient (Wildman–Crippen LogP) is -1.65. The molecular formula is C18H18N6O7S. The first-order valence-corrected chi connectivity index (χ1v) is 10.5. The molecule has 0 saturated carbocycles. The van der Waals surface area contributed by atoms with E-state index in [1.54, 1.807) is 30.3 Å². The number of hydrazine groups is 1. The number of carbonyl (C=O) groups is 6. The molecule has 4 rings (SSSR count). The summed E-state index contributed by atoms with van der Waals surface area (Å²) in [4.78, 5) is 73.2. The maximum atomic E-state index is 13.0. The van der Waals surface area contributed by atoms with Gasteiger partial charge in [0.25, 0.3) is 0 Å². The molecule has 32 heavy (non-hydrogen) atoms. The number of fused-ring (bicyclic) bond motifs is 1. The van der Waals surface area contributed by atoms with E-state index in [4.69, 9.17) is 0 Å². The summed E-state index contributed by atoms with van der Waals surface area (Å²) in [5.74, 6) is -2.68. The molecule has 3 aliphatic heterocycles. The molecule has 5 N–H and O–H groups in total. The van der Waals surface area contributed by atoms with Crippen LogP contribution in [0.3, 0.4) is 0 Å². The van der Waals surface area contributed by atoms with Gasteiger partial charge in [0, 0.05) is 5.75 Å². The van der Waals surface area contributed by atoms with E-state index in [9.17, 15) is 33.9 Å². The van der Waals surface area contributed by atoms with E-state index in [1.807, 2.05) is 5.32 Å². The predicted molar refractivity (Wildman–Crippen MR) is 108 cm³/mol. The number of aliphatic carboxylic acids is 1. The topological polar surface area (TPSA) is 177 Å². The van der Waals surface area contributed by atoms with Crippen LogP contribution in [0.2, 0.25) is 0 Å². The molecule has 14 heteroatoms. The normalized spacial score (nSPS) is 24.9. The lowest BCUT2D eigenvalue weighted by molar-refractivity contribution is -0.159. The van der Waals surface area contributed by atoms with Crippen LogP contribution >= 0.6 is 11.8 Å². The third-order valence-electron chi connectivity index (χ3n) is 5.12. The van der Waals surface area contributed by atoms with Crippen molar-refractivity contribution in [1.29, 1.82) is 0 Å². The molecular weight excluding hydrogens is 444 g/mol. The average molecular weight is 462 g/mol. The van der Waals surface area contributed by atoms with Gasteiger partial charge in [-0.2, -0.15) is 0 Å². The maximum absolute atomic E-state index is 13.0. The van der Waals surface area contributed by atoms with Gasteiger partial charge in [0.1, 0.15) is 30.0 Å². The number of thioether (sulfide) groups is 1. The Bertz CT molecular complexity index is 1000. The Kier molecular flexibility index (Phi) is 5.61. The fraction of sp³-hybridized carbons (Fsp3) is 0.333. The number of carboxylic acid groups (broad SMARTS) is 1. The summed E-state index contributed by atoms with van der Waals surface area (Å²) in [6, 6.07) is 3.41. The van der Waals surface area contributed by atoms with Crippen molar-refractivity contribution in [3.05, 3.63) is 35.9 Å². The number of benzene rings is 1. The molecule has 3 heterocycles. The maximum Gasteiger partial charge on any atom is 0.343 e. The van der Waals surface area contributed by atoms with E-state index in [2.05, 4.69) is 16.1 Å². The zero-order chi connectivity index (χ0) is 23.0. The minimum absolute atomic E-state index is 0.220. The van der Waals surface area contributed by atoms with Crippen molar-refractivity contribution < 1.29 is 33.9 Å². The number of nitrogens with one attached hydrogen (secondary N) is 4. The van der Waals surface area contributed by atoms with Crippen LogP contribution in [0.15, 0.2) is 30.3 Å². The highest BCUT2D eigenvalue weighted by molar-refractivity contribution is 8.00. The SMILES string of the molecule is O=C1CN(NC(=O)NC(C(=O)N[C@H]2C(=O)N3C(C(=O)O)CSC23)c2ccccc2)C(=O)N1. The van der Waals surface area contributed by atoms with Crippen LogP contribution in [0, 0.1) is 0 Å². The molecule has 3 fully saturated rings. The van der Waals surface area contributed by atoms with Gasteiger partial charge in [-0.25, -0.2) is 24.8 Å². The number of hydrogen-bond acceptors (Lipinski definition) is 7. The van der Waals surface area contributed by atoms with E-state index in [-0.39, 0.29) is 12.3 Å². The van der Waals surface area contributed by atoms with Gasteiger partial charge in [0.05, 0.1) is 0 Å². The molecule has 168 valence electrons. The highest BCUT2D eigenvalue weighted by Gasteiger charge is 2.57. The summed E-state index contributed by atoms with van der Waals surface area (Å²) in [6.45, 7) is -0.371. The molecule has 0 aliphatic carbocycles. The summed E-state index contributed by atoms with van der Waals surface area (Å²) in [6.07, 6.45) is 0. The third kappa shape index (κ3) is 3.91. The van der Waals surface area contributed by atoms with Crippen molar-refractivity contribution in [3.8, 4) is 0 Å². The first-order chi connectivity index (χ1) is 15.3. The number of hydrogen-bond donors (Lipinski definition) is 5. The van der Waals surface area contributed by atoms with Crippen molar-refractivity contribution >= 4 is 47.5 Å². The van der Waals surface area contributed by atoms with Gasteiger partial charge < -0.3 is 20.6 Å². The number of carbonyl (C=O) groups excluding carboxylic acids is 5. The molecule has 3 aliphatic rings. The number of carboxylic acids is 1. The zero-order valence-corrected chi connectivity index (χ0v) is 17.1. The van der Waals surface area contributed by atoms with Crippen LogP contribution in [0.5, 0.6) is 0 Å². The van der Waals surface area contributed by atoms with E-state index in [0.29, 0.717) is 5.56 Å². The summed E-state index contributed by atoms with van der Waals surface area (Å²) in [7, 11) is 0. The summed E-state index contributed by atoms with van der Waals surface area (Å²) in [5, 5.41) is 16.5. The molecule has 1 aromatic rings. The van der Waals surface area contributed by atoms with Gasteiger partial charge >= 0.3 is 18.0 Å². The van der Waals surface area contributed by atoms with Gasteiger partial charge in [0.15, 0.2) is 0 Å². The molecule has 1 aromatic carbocycles. The molecule has 3 saturated heterocycles. The largest absolute Gasteiger partial charge is 0.480 e. The fourth-order valence-corrected chi connectivity index (χ4v) is 5.06. The first-order valence-electron chi connectivity index (χ1n) is 9.46. The fourth-order valence-electron chi connectivity index (χ4n) is 3.59. The van der Waals surface area contributed by atoms with E-state index >= 15 is 0 Å². The number of β-lactam (4-membered cyclic amide) rings is 1. The summed E-state index contributed by atoms with van der Waals surface area (Å²) < 4.78 is 0. The number of rotatable bonds is 6. The Morgan fingerprint density at radius 3 is 2.50 bits per heavy atom. The van der Waals surface area contributed by atoms with Crippen LogP contribution in [-0.4, -0.2) is 80.5 Å². The van der Waals surface area contributed by atoms with Crippen molar-refractivity contribution in [2.45, 2.75) is 23.5 Å². The molecule has 0 aromatic heterocycles. The zero-order valence-electron chi connectivity index (χ0n) is 16.3. The van der Waals surface area contributed by atoms with Crippen LogP contribution in [0.1, 0.15) is 11.6 Å². The number of imide groups is 1. The molecule has 0 bridgehead atoms. The minimum Gasteiger partial charge on any atom is -0.480 e. The van der Waals surface area contributed by atoms with Crippen molar-refractivity contribution in [2.75, 3.05) is 12.3 Å². The van der Waals surface area contributed by atoms with Crippen molar-refractivity contribution in [2.24, 2.45) is 0 Å². The Labute approximate surface area is 184 Å². The lowest BCUT2D eigenvalue weighted by Gasteiger charge is -2.43. The van der Waals surface area contributed by atoms with E-state index in [0.717, 1.165) is 5.01 Å². The van der Waals surface area contributed by atoms with Crippen molar-refractivity contribution in [1.82, 2.24) is 31.3 Å². The molecule has 13 nitrogen and oxygen atoms in total. The second kappa shape index (κ2) is 8.37. The third-order valence-corrected chi connectivity index (χ3v) is 6.47. The monoisotopic (exact) mass is 462 g/mol. The van der Waals surface area contributed by atoms with Crippen molar-refractivity contribution in [3.63, 3.8) is 0 Å². The smallest absolute Gasteiger partial charge is 0.343 e. The van der Waals surface area contributed by atoms with Crippen LogP contribution in [0.4, 0.5) is 9.59 Å². The van der Waals surface area contributed by atoms with Gasteiger partial charge in [-0.3, -0.25) is 19.7 Å². The Balaban J connectivity index is 1.44. The Morgan fingerprint density at radius 1 is 1.16 bits per heavy atom. The van der Waals surface area contributed by atoms with Gasteiger partial charge in [-0.1, -0.05) is 30.3 Å². The van der Waals surface area contributed by atoms with Gasteiger partial charge in [0.2, 0.25) is 17.7 Å². The van der Waals surface area contributed by atoms with Crippen LogP contribution in [0.25, 0.3) is 0 Å². The second-order valence-electron chi connectivity index (χ2n) is 7.18. The van der Waals surface area contributed by atoms with Crippen LogP contribution < -0.4 is 21.4 Å². The molecule has 0 radical (unpaired) electrons. The second-order valence-corrected chi connectivity index (χ2v) is 8.33. The molecule has 0 spiro atoms. The summed E-state index contributed by atoms with van der Waals surface area (Å²) in [5.41, 5.74) is 2.60. The quantitative estimate of drug-likeness (QED) is 0.246. The lowest BCUT2D eigenvalue weighted by Crippen LogP contribution is -2.70. The van der Waals surface area contributed by atoms with Crippen LogP contribution in [-0.2, 0) is 19.2 Å². The minimum atomic E-state index is -1.22. The number of amides is 7. The van der Waals surface area contributed by atoms with E-state index < -0.39 is 59.3 Å². The Morgan fingerprint density at radius 2 is 1.88 bits per heavy atom. The lowest BCUT2D eigenvalue weighted by atomic mass is 10.0. The standard InChI is InChI=1S/C18H18N6O7S/c25-10-6-23(18(31)19-10)22-17(30)21-11(8-4-2-1-3-5-8)13(26)20-12-14(27)24-9(16(28)29)7-32-15(12)24/h1-5,9,11-12,15H,6-7H2,(H,20,26)(H,28,29)(H,19,25,31)(H2,21,22,30)/t9?,11?,12-,15?/m0/s1. The van der Waals surface area contributed by atoms with Gasteiger partial charge in [-0.05, 0) is 5.56 Å². The molecule has 4 atom stereocenters. The van der Waals surface area contributed by atoms with Gasteiger partial charge in [-0.15, -0.1) is 11.8 Å². The molecule has 7 amide bonds.